The molecule has 2 heterocycles. The zero-order valence-electron chi connectivity index (χ0n) is 34.1. The zero-order chi connectivity index (χ0) is 40.3. The molecule has 4 heteroatoms. The second-order valence-corrected chi connectivity index (χ2v) is 17.7. The molecule has 3 aliphatic carbocycles. The summed E-state index contributed by atoms with van der Waals surface area (Å²) < 4.78 is 13.0. The Morgan fingerprint density at radius 3 is 1.85 bits per heavy atom. The highest BCUT2D eigenvalue weighted by molar-refractivity contribution is 6.12. The van der Waals surface area contributed by atoms with Gasteiger partial charge >= 0.3 is 0 Å². The van der Waals surface area contributed by atoms with E-state index in [1.807, 2.05) is 30.3 Å². The molecule has 0 radical (unpaired) electrons. The largest absolute Gasteiger partial charge is 0.455 e. The van der Waals surface area contributed by atoms with Crippen molar-refractivity contribution < 1.29 is 8.83 Å². The first-order valence-corrected chi connectivity index (χ1v) is 21.0. The normalized spacial score (nSPS) is 15.7. The summed E-state index contributed by atoms with van der Waals surface area (Å²) in [6, 6.07) is 52.5. The molecule has 0 spiro atoms. The number of furan rings is 1. The van der Waals surface area contributed by atoms with Crippen LogP contribution in [0.4, 0.5) is 0 Å². The minimum Gasteiger partial charge on any atom is -0.455 e. The van der Waals surface area contributed by atoms with Crippen molar-refractivity contribution >= 4 is 27.5 Å². The minimum absolute atomic E-state index is 0.0215. The molecule has 0 aliphatic heterocycles. The summed E-state index contributed by atoms with van der Waals surface area (Å²) in [7, 11) is 0. The first-order chi connectivity index (χ1) is 29.2. The topological polar surface area (TPSA) is 52.1 Å². The molecular formula is C56H42N2O2. The number of hydrogen-bond donors (Lipinski definition) is 0. The van der Waals surface area contributed by atoms with Crippen LogP contribution in [-0.4, -0.2) is 10.2 Å². The van der Waals surface area contributed by atoms with E-state index >= 15 is 0 Å². The van der Waals surface area contributed by atoms with Crippen LogP contribution in [0, 0.1) is 0 Å². The average Bonchev–Trinajstić information content (AvgIpc) is 4.04. The molecule has 9 aromatic rings. The highest BCUT2D eigenvalue weighted by Crippen LogP contribution is 2.52. The van der Waals surface area contributed by atoms with Crippen LogP contribution in [-0.2, 0) is 10.8 Å². The van der Waals surface area contributed by atoms with Crippen molar-refractivity contribution in [3.8, 4) is 67.4 Å². The molecule has 0 atom stereocenters. The smallest absolute Gasteiger partial charge is 0.248 e. The summed E-state index contributed by atoms with van der Waals surface area (Å²) in [6.07, 6.45) is 6.89. The first-order valence-electron chi connectivity index (χ1n) is 21.0. The first kappa shape index (κ1) is 35.0. The predicted octanol–water partition coefficient (Wildman–Crippen LogP) is 15.0. The van der Waals surface area contributed by atoms with Gasteiger partial charge in [0.1, 0.15) is 11.2 Å². The van der Waals surface area contributed by atoms with Gasteiger partial charge in [-0.05, 0) is 140 Å². The molecule has 288 valence electrons. The molecular weight excluding hydrogens is 733 g/mol. The molecule has 0 amide bonds. The predicted molar refractivity (Wildman–Crippen MR) is 245 cm³/mol. The van der Waals surface area contributed by atoms with E-state index in [1.165, 1.54) is 55.6 Å². The Kier molecular flexibility index (Phi) is 7.41. The fourth-order valence-electron chi connectivity index (χ4n) is 10.4. The molecule has 0 saturated heterocycles. The van der Waals surface area contributed by atoms with Gasteiger partial charge in [-0.3, -0.25) is 0 Å². The second-order valence-electron chi connectivity index (χ2n) is 17.7. The van der Waals surface area contributed by atoms with Crippen LogP contribution in [0.25, 0.3) is 94.9 Å². The zero-order valence-corrected chi connectivity index (χ0v) is 34.1. The number of rotatable bonds is 5. The van der Waals surface area contributed by atoms with E-state index in [0.29, 0.717) is 11.8 Å². The Morgan fingerprint density at radius 1 is 0.450 bits per heavy atom. The Hall–Kier alpha value is -7.04. The fourth-order valence-corrected chi connectivity index (χ4v) is 10.4. The third-order valence-electron chi connectivity index (χ3n) is 13.6. The van der Waals surface area contributed by atoms with E-state index in [4.69, 9.17) is 8.83 Å². The summed E-state index contributed by atoms with van der Waals surface area (Å²) in [5.41, 5.74) is 21.4. The van der Waals surface area contributed by atoms with E-state index in [1.54, 1.807) is 5.57 Å². The standard InChI is InChI=1S/C56H42N2O2/c1-55(2)47-16-10-8-14-40(47)42-25-22-37(31-49(42)55)36-24-27-51-45(28-36)46-30-39(38-23-26-43-41-15-9-11-17-48(41)56(3,4)50(43)32-38)29-44(52(46)59-51)33-18-20-35(21-19-33)54-58-57-53(60-54)34-12-6-5-7-13-34/h5-10,12-16,18-32H,11,17H2,1-4H3. The van der Waals surface area contributed by atoms with Crippen molar-refractivity contribution in [2.45, 2.75) is 51.4 Å². The molecule has 7 aromatic carbocycles. The molecule has 0 unspecified atom stereocenters. The van der Waals surface area contributed by atoms with Crippen molar-refractivity contribution in [3.63, 3.8) is 0 Å². The summed E-state index contributed by atoms with van der Waals surface area (Å²) in [5.74, 6) is 0.991. The monoisotopic (exact) mass is 774 g/mol. The minimum atomic E-state index is -0.0725. The maximum absolute atomic E-state index is 6.85. The van der Waals surface area contributed by atoms with Crippen LogP contribution >= 0.6 is 0 Å². The molecule has 2 aromatic heterocycles. The van der Waals surface area contributed by atoms with Crippen LogP contribution in [0.15, 0.2) is 172 Å². The van der Waals surface area contributed by atoms with E-state index in [2.05, 4.69) is 165 Å². The lowest BCUT2D eigenvalue weighted by Crippen LogP contribution is -2.17. The molecule has 4 nitrogen and oxygen atoms in total. The average molecular weight is 775 g/mol. The quantitative estimate of drug-likeness (QED) is 0.175. The van der Waals surface area contributed by atoms with Crippen LogP contribution in [0.5, 0.6) is 0 Å². The number of hydrogen-bond acceptors (Lipinski definition) is 4. The lowest BCUT2D eigenvalue weighted by Gasteiger charge is -2.26. The van der Waals surface area contributed by atoms with Crippen LogP contribution in [0.2, 0.25) is 0 Å². The van der Waals surface area contributed by atoms with Crippen molar-refractivity contribution in [1.82, 2.24) is 10.2 Å². The summed E-state index contributed by atoms with van der Waals surface area (Å²) >= 11 is 0. The van der Waals surface area contributed by atoms with Crippen molar-refractivity contribution in [3.05, 3.63) is 186 Å². The van der Waals surface area contributed by atoms with Gasteiger partial charge in [-0.25, -0.2) is 0 Å². The molecule has 60 heavy (non-hydrogen) atoms. The van der Waals surface area contributed by atoms with Crippen molar-refractivity contribution in [2.75, 3.05) is 0 Å². The molecule has 0 saturated carbocycles. The third-order valence-corrected chi connectivity index (χ3v) is 13.6. The van der Waals surface area contributed by atoms with Crippen molar-refractivity contribution in [1.29, 1.82) is 0 Å². The van der Waals surface area contributed by atoms with Gasteiger partial charge < -0.3 is 8.83 Å². The van der Waals surface area contributed by atoms with Gasteiger partial charge in [0.2, 0.25) is 11.8 Å². The molecule has 0 bridgehead atoms. The lowest BCUT2D eigenvalue weighted by molar-refractivity contribution is 0.584. The van der Waals surface area contributed by atoms with Gasteiger partial charge in [0.05, 0.1) is 0 Å². The molecule has 0 fully saturated rings. The number of nitrogens with zero attached hydrogens (tertiary/aromatic N) is 2. The Balaban J connectivity index is 1.00. The second kappa shape index (κ2) is 12.7. The van der Waals surface area contributed by atoms with Gasteiger partial charge in [-0.15, -0.1) is 10.2 Å². The SMILES string of the molecule is CC1(C)C2=C(C=CCC2)c2ccc(-c3cc(-c4ccc(-c5nnc(-c6ccccc6)o5)cc4)c4oc5ccc(-c6ccc7c(c6)C(C)(C)c6ccccc6-7)cc5c4c3)cc21. The van der Waals surface area contributed by atoms with Gasteiger partial charge in [0.15, 0.2) is 0 Å². The summed E-state index contributed by atoms with van der Waals surface area (Å²) in [5, 5.41) is 10.9. The van der Waals surface area contributed by atoms with Crippen LogP contribution in [0.1, 0.15) is 62.8 Å². The fraction of sp³-hybridized carbons (Fsp3) is 0.143. The number of fused-ring (bicyclic) bond motifs is 8. The van der Waals surface area contributed by atoms with Gasteiger partial charge in [-0.1, -0.05) is 130 Å². The van der Waals surface area contributed by atoms with E-state index in [9.17, 15) is 0 Å². The number of aromatic nitrogens is 2. The van der Waals surface area contributed by atoms with Crippen molar-refractivity contribution in [2.24, 2.45) is 0 Å². The number of benzene rings is 7. The maximum Gasteiger partial charge on any atom is 0.248 e. The van der Waals surface area contributed by atoms with Crippen LogP contribution < -0.4 is 0 Å². The Bertz CT molecular complexity index is 3300. The third kappa shape index (κ3) is 5.16. The Morgan fingerprint density at radius 2 is 1.05 bits per heavy atom. The van der Waals surface area contributed by atoms with E-state index in [-0.39, 0.29) is 10.8 Å². The Labute approximate surface area is 349 Å². The highest BCUT2D eigenvalue weighted by Gasteiger charge is 2.38. The molecule has 12 rings (SSSR count). The molecule has 0 N–H and O–H groups in total. The van der Waals surface area contributed by atoms with E-state index < -0.39 is 0 Å². The van der Waals surface area contributed by atoms with Crippen LogP contribution in [0.3, 0.4) is 0 Å². The number of allylic oxidation sites excluding steroid dienone is 4. The van der Waals surface area contributed by atoms with Gasteiger partial charge in [0, 0.05) is 38.3 Å². The summed E-state index contributed by atoms with van der Waals surface area (Å²) in [4.78, 5) is 0. The van der Waals surface area contributed by atoms with Gasteiger partial charge in [-0.2, -0.15) is 0 Å². The molecule has 3 aliphatic rings. The highest BCUT2D eigenvalue weighted by atomic mass is 16.4. The lowest BCUT2D eigenvalue weighted by atomic mass is 9.78. The maximum atomic E-state index is 6.85. The van der Waals surface area contributed by atoms with E-state index in [0.717, 1.165) is 62.6 Å². The summed E-state index contributed by atoms with van der Waals surface area (Å²) in [6.45, 7) is 9.47. The van der Waals surface area contributed by atoms with Gasteiger partial charge in [0.25, 0.3) is 0 Å².